The second kappa shape index (κ2) is 13.7. The molecule has 2 amide bonds. The Morgan fingerprint density at radius 3 is 2.67 bits per heavy atom. The van der Waals surface area contributed by atoms with Crippen LogP contribution in [0.2, 0.25) is 0 Å². The number of hydrogen-bond donors (Lipinski definition) is 5. The van der Waals surface area contributed by atoms with Crippen LogP contribution in [-0.4, -0.2) is 110 Å². The van der Waals surface area contributed by atoms with Crippen molar-refractivity contribution in [2.75, 3.05) is 23.8 Å². The van der Waals surface area contributed by atoms with Gasteiger partial charge in [-0.15, -0.1) is 28.2 Å². The van der Waals surface area contributed by atoms with E-state index in [0.717, 1.165) is 39.5 Å². The van der Waals surface area contributed by atoms with Crippen LogP contribution in [0.25, 0.3) is 0 Å². The third-order valence-electron chi connectivity index (χ3n) is 6.81. The van der Waals surface area contributed by atoms with E-state index < -0.39 is 58.7 Å². The van der Waals surface area contributed by atoms with Crippen LogP contribution in [-0.2, 0) is 37.2 Å². The molecule has 3 atom stereocenters. The summed E-state index contributed by atoms with van der Waals surface area (Å²) in [6.07, 6.45) is 0. The van der Waals surface area contributed by atoms with Gasteiger partial charge in [0, 0.05) is 23.4 Å². The van der Waals surface area contributed by atoms with Gasteiger partial charge in [0.05, 0.1) is 6.54 Å². The van der Waals surface area contributed by atoms with E-state index in [9.17, 15) is 28.7 Å². The lowest BCUT2D eigenvalue weighted by Crippen LogP contribution is -2.74. The molecule has 6 N–H and O–H groups in total. The molecule has 0 bridgehead atoms. The number of nitrogen functional groups attached to an aromatic ring is 1. The van der Waals surface area contributed by atoms with Crippen LogP contribution in [0, 0.1) is 11.2 Å². The Balaban J connectivity index is 1.24. The highest BCUT2D eigenvalue weighted by Crippen LogP contribution is 2.44. The minimum absolute atomic E-state index is 0.0561. The molecule has 242 valence electrons. The number of benzene rings is 1. The molecule has 2 fully saturated rings. The zero-order valence-corrected chi connectivity index (χ0v) is 25.7. The summed E-state index contributed by atoms with van der Waals surface area (Å²) in [6.45, 7) is -0.731. The number of carbonyl (C=O) groups excluding carboxylic acids is 2. The number of fused-ring (bicyclic) bond motifs is 1. The average Bonchev–Trinajstić information content (AvgIpc) is 3.68. The third kappa shape index (κ3) is 6.87. The quantitative estimate of drug-likeness (QED) is 0.0516. The minimum atomic E-state index is -1.49. The maximum atomic E-state index is 13.3. The first kappa shape index (κ1) is 32.6. The second-order valence-electron chi connectivity index (χ2n) is 9.87. The fraction of sp³-hybridized carbons (Fsp3) is 0.333. The first-order valence-corrected chi connectivity index (χ1v) is 15.9. The van der Waals surface area contributed by atoms with Gasteiger partial charge in [-0.3, -0.25) is 14.4 Å². The smallest absolute Gasteiger partial charge is 0.355 e. The lowest BCUT2D eigenvalue weighted by Gasteiger charge is -2.53. The number of nitrogens with one attached hydrogen (secondary N) is 1. The summed E-state index contributed by atoms with van der Waals surface area (Å²) in [5.74, 6) is -4.41. The highest BCUT2D eigenvalue weighted by molar-refractivity contribution is 8.00. The Kier molecular flexibility index (Phi) is 9.67. The molecule has 1 aromatic carbocycles. The van der Waals surface area contributed by atoms with Crippen molar-refractivity contribution in [3.63, 3.8) is 0 Å². The van der Waals surface area contributed by atoms with Gasteiger partial charge in [-0.05, 0) is 28.1 Å². The number of halogens is 1. The number of carboxylic acid groups (broad SMARTS) is 2. The Hall–Kier alpha value is -4.83. The average molecular weight is 695 g/mol. The lowest BCUT2D eigenvalue weighted by atomic mass is 9.89. The summed E-state index contributed by atoms with van der Waals surface area (Å²) < 4.78 is 14.2. The molecule has 2 aromatic heterocycles. The molecule has 2 aliphatic rings. The van der Waals surface area contributed by atoms with E-state index in [-0.39, 0.29) is 46.4 Å². The van der Waals surface area contributed by atoms with E-state index in [2.05, 4.69) is 36.1 Å². The fourth-order valence-corrected chi connectivity index (χ4v) is 7.64. The van der Waals surface area contributed by atoms with Gasteiger partial charge in [-0.1, -0.05) is 34.2 Å². The zero-order chi connectivity index (χ0) is 33.0. The number of amides is 2. The van der Waals surface area contributed by atoms with Gasteiger partial charge in [-0.25, -0.2) is 18.9 Å². The molecule has 0 saturated carbocycles. The summed E-state index contributed by atoms with van der Waals surface area (Å²) in [4.78, 5) is 60.9. The van der Waals surface area contributed by atoms with Gasteiger partial charge >= 0.3 is 11.9 Å². The van der Waals surface area contributed by atoms with E-state index in [4.69, 9.17) is 20.9 Å². The van der Waals surface area contributed by atoms with E-state index in [1.807, 2.05) is 0 Å². The van der Waals surface area contributed by atoms with Crippen LogP contribution in [0.5, 0.6) is 0 Å². The summed E-state index contributed by atoms with van der Waals surface area (Å²) in [5.41, 5.74) is 4.12. The molecule has 2 unspecified atom stereocenters. The number of thioether (sulfide) groups is 2. The van der Waals surface area contributed by atoms with Crippen LogP contribution < -0.4 is 11.1 Å². The SMILES string of the molecule is Nc1nc(C(=NOCc2ccc(F)cc2)C(=O)NC2C(=O)N3CC(CSc4nnnn4CC(=NO)C(=O)O)(C(=O)O)CS[C@H]23)cs1. The molecule has 0 spiro atoms. The van der Waals surface area contributed by atoms with Crippen molar-refractivity contribution >= 4 is 75.2 Å². The van der Waals surface area contributed by atoms with Crippen LogP contribution in [0.3, 0.4) is 0 Å². The van der Waals surface area contributed by atoms with Crippen molar-refractivity contribution in [1.29, 1.82) is 0 Å². The second-order valence-corrected chi connectivity index (χ2v) is 12.8. The molecule has 22 heteroatoms. The largest absolute Gasteiger partial charge is 0.481 e. The summed E-state index contributed by atoms with van der Waals surface area (Å²) in [6, 6.07) is 4.49. The molecule has 2 saturated heterocycles. The summed E-state index contributed by atoms with van der Waals surface area (Å²) in [7, 11) is 0. The van der Waals surface area contributed by atoms with Crippen LogP contribution in [0.4, 0.5) is 9.52 Å². The number of aromatic nitrogens is 5. The molecule has 0 aliphatic carbocycles. The van der Waals surface area contributed by atoms with E-state index in [1.165, 1.54) is 34.5 Å². The molecular formula is C24H23FN10O8S3. The van der Waals surface area contributed by atoms with E-state index in [1.54, 1.807) is 0 Å². The van der Waals surface area contributed by atoms with Gasteiger partial charge in [-0.2, -0.15) is 0 Å². The molecule has 0 radical (unpaired) electrons. The molecule has 5 rings (SSSR count). The first-order chi connectivity index (χ1) is 22.0. The molecule has 18 nitrogen and oxygen atoms in total. The van der Waals surface area contributed by atoms with Gasteiger partial charge in [0.15, 0.2) is 16.6 Å². The molecular weight excluding hydrogens is 672 g/mol. The predicted molar refractivity (Wildman–Crippen MR) is 160 cm³/mol. The topological polar surface area (TPSA) is 261 Å². The Bertz CT molecular complexity index is 1720. The lowest BCUT2D eigenvalue weighted by molar-refractivity contribution is -0.157. The normalized spacial score (nSPS) is 21.3. The maximum Gasteiger partial charge on any atom is 0.355 e. The Labute approximate surface area is 269 Å². The summed E-state index contributed by atoms with van der Waals surface area (Å²) >= 11 is 3.16. The zero-order valence-electron chi connectivity index (χ0n) is 23.2. The van der Waals surface area contributed by atoms with E-state index >= 15 is 0 Å². The number of carbonyl (C=O) groups is 4. The van der Waals surface area contributed by atoms with Crippen LogP contribution in [0.1, 0.15) is 11.3 Å². The number of thiazole rings is 1. The van der Waals surface area contributed by atoms with Gasteiger partial charge in [0.25, 0.3) is 5.91 Å². The molecule has 3 aromatic rings. The highest BCUT2D eigenvalue weighted by atomic mass is 32.2. The van der Waals surface area contributed by atoms with Crippen molar-refractivity contribution < 1.29 is 43.8 Å². The maximum absolute atomic E-state index is 13.3. The van der Waals surface area contributed by atoms with Gasteiger partial charge in [0.2, 0.25) is 11.1 Å². The number of carboxylic acids is 2. The summed E-state index contributed by atoms with van der Waals surface area (Å²) in [5, 5.41) is 49.5. The highest BCUT2D eigenvalue weighted by Gasteiger charge is 2.57. The number of β-lactam (4-membered cyclic amide) rings is 1. The van der Waals surface area contributed by atoms with Crippen molar-refractivity contribution in [3.8, 4) is 0 Å². The number of nitrogens with two attached hydrogens (primary N) is 1. The molecule has 46 heavy (non-hydrogen) atoms. The molecule has 4 heterocycles. The number of hydrogen-bond acceptors (Lipinski definition) is 16. The van der Waals surface area contributed by atoms with Crippen molar-refractivity contribution in [1.82, 2.24) is 35.4 Å². The standard InChI is InChI=1S/C24H23FN10O8S3/c25-12-3-1-11(2-4-12)6-43-31-15(14-7-44-22(26)27-14)17(36)28-16-18(37)34-8-24(21(40)41,9-45-19(16)34)10-46-23-29-32-33-35(23)5-13(30-42)20(38)39/h1-4,7,16,19,42H,5-6,8-10H2,(H2,26,27)(H,28,36)(H,38,39)(H,40,41)/t16?,19-,24?/m1/s1. The van der Waals surface area contributed by atoms with Crippen LogP contribution in [0.15, 0.2) is 45.1 Å². The number of oxime groups is 2. The van der Waals surface area contributed by atoms with Gasteiger partial charge < -0.3 is 36.2 Å². The minimum Gasteiger partial charge on any atom is -0.481 e. The monoisotopic (exact) mass is 694 g/mol. The Morgan fingerprint density at radius 2 is 2.02 bits per heavy atom. The predicted octanol–water partition coefficient (Wildman–Crippen LogP) is -0.0502. The third-order valence-corrected chi connectivity index (χ3v) is 10.3. The van der Waals surface area contributed by atoms with E-state index in [0.29, 0.717) is 5.56 Å². The Morgan fingerprint density at radius 1 is 1.26 bits per heavy atom. The number of tetrazole rings is 1. The van der Waals surface area contributed by atoms with Crippen molar-refractivity contribution in [3.05, 3.63) is 46.7 Å². The molecule has 2 aliphatic heterocycles. The van der Waals surface area contributed by atoms with Crippen molar-refractivity contribution in [2.24, 2.45) is 15.7 Å². The van der Waals surface area contributed by atoms with Crippen molar-refractivity contribution in [2.45, 2.75) is 29.7 Å². The fourth-order valence-electron chi connectivity index (χ4n) is 4.35. The van der Waals surface area contributed by atoms with Gasteiger partial charge in [0.1, 0.15) is 34.9 Å². The number of anilines is 1. The number of aliphatic carboxylic acids is 2. The van der Waals surface area contributed by atoms with Crippen LogP contribution >= 0.6 is 34.9 Å². The first-order valence-electron chi connectivity index (χ1n) is 13.0. The number of rotatable bonds is 13. The number of nitrogens with zero attached hydrogens (tertiary/aromatic N) is 8.